The van der Waals surface area contributed by atoms with Crippen LogP contribution in [0.3, 0.4) is 0 Å². The lowest BCUT2D eigenvalue weighted by atomic mass is 10.1. The van der Waals surface area contributed by atoms with Crippen molar-refractivity contribution in [3.8, 4) is 5.69 Å². The van der Waals surface area contributed by atoms with Crippen LogP contribution >= 0.6 is 24.0 Å². The van der Waals surface area contributed by atoms with E-state index in [-0.39, 0.29) is 24.0 Å². The van der Waals surface area contributed by atoms with Gasteiger partial charge in [-0.25, -0.2) is 4.68 Å². The minimum atomic E-state index is 0. The second-order valence-electron chi connectivity index (χ2n) is 7.22. The summed E-state index contributed by atoms with van der Waals surface area (Å²) in [5.74, 6) is 0.843. The summed E-state index contributed by atoms with van der Waals surface area (Å²) in [5.41, 5.74) is 4.48. The summed E-state index contributed by atoms with van der Waals surface area (Å²) < 4.78 is 2.01. The van der Waals surface area contributed by atoms with Gasteiger partial charge in [0.1, 0.15) is 0 Å². The lowest BCUT2D eigenvalue weighted by molar-refractivity contribution is 0.232. The third kappa shape index (κ3) is 6.20. The van der Waals surface area contributed by atoms with Crippen molar-refractivity contribution in [1.29, 1.82) is 0 Å². The Balaban J connectivity index is 0.00000280. The topological polar surface area (TPSA) is 57.5 Å². The monoisotopic (exact) mass is 496 g/mol. The van der Waals surface area contributed by atoms with Gasteiger partial charge < -0.3 is 15.5 Å². The van der Waals surface area contributed by atoms with Crippen LogP contribution in [0.25, 0.3) is 5.69 Å². The first-order chi connectivity index (χ1) is 13.2. The Morgan fingerprint density at radius 2 is 1.86 bits per heavy atom. The van der Waals surface area contributed by atoms with Gasteiger partial charge in [-0.15, -0.1) is 24.0 Å². The predicted molar refractivity (Wildman–Crippen MR) is 127 cm³/mol. The SMILES string of the molecule is CN=C(NCCN1CCCCC1)NCc1ccccc1-n1nc(C)cc1C.I. The number of piperidine rings is 1. The molecule has 2 N–H and O–H groups in total. The smallest absolute Gasteiger partial charge is 0.191 e. The van der Waals surface area contributed by atoms with Gasteiger partial charge in [0.25, 0.3) is 0 Å². The molecule has 3 rings (SSSR count). The summed E-state index contributed by atoms with van der Waals surface area (Å²) in [6.07, 6.45) is 4.04. The van der Waals surface area contributed by atoms with Crippen LogP contribution in [-0.2, 0) is 6.54 Å². The minimum absolute atomic E-state index is 0. The number of hydrogen-bond donors (Lipinski definition) is 2. The van der Waals surface area contributed by atoms with Gasteiger partial charge in [0.15, 0.2) is 5.96 Å². The first-order valence-corrected chi connectivity index (χ1v) is 9.96. The molecule has 7 heteroatoms. The molecule has 2 aromatic rings. The van der Waals surface area contributed by atoms with Crippen molar-refractivity contribution in [2.24, 2.45) is 4.99 Å². The van der Waals surface area contributed by atoms with E-state index in [1.807, 2.05) is 18.7 Å². The number of aryl methyl sites for hydroxylation is 2. The Morgan fingerprint density at radius 3 is 2.54 bits per heavy atom. The molecule has 0 amide bonds. The second-order valence-corrected chi connectivity index (χ2v) is 7.22. The zero-order valence-corrected chi connectivity index (χ0v) is 19.6. The fourth-order valence-electron chi connectivity index (χ4n) is 3.65. The molecule has 6 nitrogen and oxygen atoms in total. The van der Waals surface area contributed by atoms with E-state index in [4.69, 9.17) is 0 Å². The van der Waals surface area contributed by atoms with Crippen LogP contribution in [0.2, 0.25) is 0 Å². The normalized spacial score (nSPS) is 15.2. The number of halogens is 1. The highest BCUT2D eigenvalue weighted by molar-refractivity contribution is 14.0. The molecular formula is C21H33IN6. The summed E-state index contributed by atoms with van der Waals surface area (Å²) in [7, 11) is 1.82. The third-order valence-electron chi connectivity index (χ3n) is 5.07. The number of guanidine groups is 1. The molecule has 154 valence electrons. The van der Waals surface area contributed by atoms with Crippen molar-refractivity contribution in [3.63, 3.8) is 0 Å². The van der Waals surface area contributed by atoms with Gasteiger partial charge in [0.2, 0.25) is 0 Å². The molecule has 1 aliphatic heterocycles. The Labute approximate surface area is 185 Å². The van der Waals surface area contributed by atoms with E-state index in [1.165, 1.54) is 37.9 Å². The molecule has 1 aromatic carbocycles. The summed E-state index contributed by atoms with van der Waals surface area (Å²) in [6, 6.07) is 10.5. The Bertz CT molecular complexity index is 764. The van der Waals surface area contributed by atoms with Gasteiger partial charge in [0, 0.05) is 32.4 Å². The van der Waals surface area contributed by atoms with Gasteiger partial charge in [-0.05, 0) is 57.5 Å². The summed E-state index contributed by atoms with van der Waals surface area (Å²) >= 11 is 0. The fraction of sp³-hybridized carbons (Fsp3) is 0.524. The van der Waals surface area contributed by atoms with Crippen molar-refractivity contribution < 1.29 is 0 Å². The van der Waals surface area contributed by atoms with Crippen LogP contribution in [-0.4, -0.2) is 53.9 Å². The van der Waals surface area contributed by atoms with E-state index in [0.717, 1.165) is 36.1 Å². The number of benzene rings is 1. The van der Waals surface area contributed by atoms with Crippen LogP contribution in [0.5, 0.6) is 0 Å². The van der Waals surface area contributed by atoms with Crippen molar-refractivity contribution in [3.05, 3.63) is 47.3 Å². The largest absolute Gasteiger partial charge is 0.355 e. The van der Waals surface area contributed by atoms with Gasteiger partial charge in [-0.2, -0.15) is 5.10 Å². The number of nitrogens with one attached hydrogen (secondary N) is 2. The molecule has 0 bridgehead atoms. The Hall–Kier alpha value is -1.61. The molecule has 0 radical (unpaired) electrons. The first kappa shape index (κ1) is 22.7. The Kier molecular flexibility index (Phi) is 9.24. The summed E-state index contributed by atoms with van der Waals surface area (Å²) in [6.45, 7) is 9.26. The number of rotatable bonds is 6. The highest BCUT2D eigenvalue weighted by Gasteiger charge is 2.11. The summed E-state index contributed by atoms with van der Waals surface area (Å²) in [5, 5.41) is 11.5. The number of hydrogen-bond acceptors (Lipinski definition) is 3. The quantitative estimate of drug-likeness (QED) is 0.366. The number of para-hydroxylation sites is 1. The molecule has 1 aliphatic rings. The molecular weight excluding hydrogens is 463 g/mol. The number of aliphatic imine (C=N–C) groups is 1. The molecule has 0 unspecified atom stereocenters. The van der Waals surface area contributed by atoms with Crippen LogP contribution in [0.1, 0.15) is 36.2 Å². The highest BCUT2D eigenvalue weighted by atomic mass is 127. The number of likely N-dealkylation sites (tertiary alicyclic amines) is 1. The Morgan fingerprint density at radius 1 is 1.11 bits per heavy atom. The third-order valence-corrected chi connectivity index (χ3v) is 5.07. The van der Waals surface area contributed by atoms with E-state index in [1.54, 1.807) is 0 Å². The predicted octanol–water partition coefficient (Wildman–Crippen LogP) is 3.26. The van der Waals surface area contributed by atoms with E-state index in [0.29, 0.717) is 6.54 Å². The zero-order chi connectivity index (χ0) is 19.1. The van der Waals surface area contributed by atoms with Crippen LogP contribution in [0, 0.1) is 13.8 Å². The molecule has 0 saturated carbocycles. The lowest BCUT2D eigenvalue weighted by Crippen LogP contribution is -2.42. The average Bonchev–Trinajstić information content (AvgIpc) is 3.03. The molecule has 2 heterocycles. The van der Waals surface area contributed by atoms with E-state index < -0.39 is 0 Å². The molecule has 0 atom stereocenters. The fourth-order valence-corrected chi connectivity index (χ4v) is 3.65. The van der Waals surface area contributed by atoms with Crippen LogP contribution in [0.15, 0.2) is 35.3 Å². The molecule has 0 spiro atoms. The van der Waals surface area contributed by atoms with Crippen LogP contribution < -0.4 is 10.6 Å². The minimum Gasteiger partial charge on any atom is -0.355 e. The van der Waals surface area contributed by atoms with Crippen molar-refractivity contribution in [2.45, 2.75) is 39.7 Å². The molecule has 1 aromatic heterocycles. The highest BCUT2D eigenvalue weighted by Crippen LogP contribution is 2.16. The number of aromatic nitrogens is 2. The van der Waals surface area contributed by atoms with Gasteiger partial charge in [-0.3, -0.25) is 4.99 Å². The maximum absolute atomic E-state index is 4.63. The van der Waals surface area contributed by atoms with Crippen molar-refractivity contribution >= 4 is 29.9 Å². The second kappa shape index (κ2) is 11.4. The van der Waals surface area contributed by atoms with Crippen molar-refractivity contribution in [2.75, 3.05) is 33.2 Å². The van der Waals surface area contributed by atoms with Crippen LogP contribution in [0.4, 0.5) is 0 Å². The first-order valence-electron chi connectivity index (χ1n) is 9.96. The zero-order valence-electron chi connectivity index (χ0n) is 17.2. The van der Waals surface area contributed by atoms with Gasteiger partial charge in [-0.1, -0.05) is 24.6 Å². The van der Waals surface area contributed by atoms with Crippen molar-refractivity contribution in [1.82, 2.24) is 25.3 Å². The number of nitrogens with zero attached hydrogens (tertiary/aromatic N) is 4. The van der Waals surface area contributed by atoms with Gasteiger partial charge >= 0.3 is 0 Å². The lowest BCUT2D eigenvalue weighted by Gasteiger charge is -2.26. The molecule has 28 heavy (non-hydrogen) atoms. The standard InChI is InChI=1S/C21H32N6.HI/c1-17-15-18(2)27(25-17)20-10-6-5-9-19(20)16-24-21(22-3)23-11-14-26-12-7-4-8-13-26;/h5-6,9-10,15H,4,7-8,11-14,16H2,1-3H3,(H2,22,23,24);1H. The molecule has 1 saturated heterocycles. The maximum Gasteiger partial charge on any atom is 0.191 e. The maximum atomic E-state index is 4.63. The molecule has 0 aliphatic carbocycles. The van der Waals surface area contributed by atoms with E-state index in [9.17, 15) is 0 Å². The molecule has 1 fully saturated rings. The van der Waals surface area contributed by atoms with E-state index in [2.05, 4.69) is 62.9 Å². The van der Waals surface area contributed by atoms with Gasteiger partial charge in [0.05, 0.1) is 11.4 Å². The summed E-state index contributed by atoms with van der Waals surface area (Å²) in [4.78, 5) is 6.89. The van der Waals surface area contributed by atoms with E-state index >= 15 is 0 Å². The average molecular weight is 496 g/mol.